The van der Waals surface area contributed by atoms with Crippen molar-refractivity contribution < 1.29 is 0 Å². The smallest absolute Gasteiger partial charge is 0.0991 e. The zero-order valence-electron chi connectivity index (χ0n) is 7.83. The van der Waals surface area contributed by atoms with Crippen LogP contribution in [0.5, 0.6) is 0 Å². The third-order valence-electron chi connectivity index (χ3n) is 2.04. The van der Waals surface area contributed by atoms with Crippen LogP contribution < -0.4 is 5.73 Å². The fraction of sp³-hybridized carbons (Fsp3) is 0.364. The first-order valence-corrected chi connectivity index (χ1v) is 4.53. The molecular formula is C11H14N2. The van der Waals surface area contributed by atoms with Gasteiger partial charge in [-0.15, -0.1) is 0 Å². The van der Waals surface area contributed by atoms with E-state index in [1.165, 1.54) is 0 Å². The number of hydrogen-bond donors (Lipinski definition) is 1. The van der Waals surface area contributed by atoms with E-state index in [9.17, 15) is 0 Å². The Balaban J connectivity index is 2.83. The Bertz CT molecular complexity index is 312. The van der Waals surface area contributed by atoms with E-state index in [0.717, 1.165) is 18.4 Å². The average Bonchev–Trinajstić information content (AvgIpc) is 2.18. The van der Waals surface area contributed by atoms with Gasteiger partial charge in [0.15, 0.2) is 0 Å². The van der Waals surface area contributed by atoms with Gasteiger partial charge < -0.3 is 5.73 Å². The lowest BCUT2D eigenvalue weighted by Gasteiger charge is -2.10. The van der Waals surface area contributed by atoms with Gasteiger partial charge in [-0.25, -0.2) is 0 Å². The summed E-state index contributed by atoms with van der Waals surface area (Å²) < 4.78 is 0. The van der Waals surface area contributed by atoms with Gasteiger partial charge >= 0.3 is 0 Å². The molecule has 2 heteroatoms. The van der Waals surface area contributed by atoms with Gasteiger partial charge in [-0.3, -0.25) is 0 Å². The molecule has 0 aliphatic heterocycles. The zero-order chi connectivity index (χ0) is 9.68. The second kappa shape index (κ2) is 4.64. The normalized spacial score (nSPS) is 12.1. The average molecular weight is 174 g/mol. The van der Waals surface area contributed by atoms with Crippen LogP contribution in [0.4, 0.5) is 0 Å². The van der Waals surface area contributed by atoms with Gasteiger partial charge in [0.2, 0.25) is 0 Å². The van der Waals surface area contributed by atoms with Crippen LogP contribution >= 0.6 is 0 Å². The Hall–Kier alpha value is -1.33. The van der Waals surface area contributed by atoms with Crippen molar-refractivity contribution in [3.8, 4) is 6.07 Å². The Morgan fingerprint density at radius 2 is 2.31 bits per heavy atom. The van der Waals surface area contributed by atoms with Crippen molar-refractivity contribution in [1.29, 1.82) is 5.26 Å². The van der Waals surface area contributed by atoms with E-state index in [1.54, 1.807) is 6.07 Å². The molecule has 1 aromatic rings. The minimum atomic E-state index is 0.0679. The molecule has 0 saturated carbocycles. The van der Waals surface area contributed by atoms with E-state index >= 15 is 0 Å². The standard InChI is InChI=1S/C11H14N2/c1-2-4-11(13)10-6-3-5-9(7-10)8-12/h3,5-7,11H,2,4,13H2,1H3/t11-/m0/s1. The number of hydrogen-bond acceptors (Lipinski definition) is 2. The summed E-state index contributed by atoms with van der Waals surface area (Å²) in [6, 6.07) is 9.68. The van der Waals surface area contributed by atoms with Crippen LogP contribution in [-0.2, 0) is 0 Å². The van der Waals surface area contributed by atoms with Gasteiger partial charge in [0.25, 0.3) is 0 Å². The fourth-order valence-electron chi connectivity index (χ4n) is 1.32. The molecule has 0 unspecified atom stereocenters. The van der Waals surface area contributed by atoms with Gasteiger partial charge in [-0.05, 0) is 24.1 Å². The molecule has 0 fully saturated rings. The van der Waals surface area contributed by atoms with Crippen LogP contribution in [0.15, 0.2) is 24.3 Å². The highest BCUT2D eigenvalue weighted by molar-refractivity contribution is 5.34. The summed E-state index contributed by atoms with van der Waals surface area (Å²) in [5.74, 6) is 0. The Morgan fingerprint density at radius 1 is 1.54 bits per heavy atom. The van der Waals surface area contributed by atoms with Crippen molar-refractivity contribution in [3.63, 3.8) is 0 Å². The maximum atomic E-state index is 8.68. The Labute approximate surface area is 79.0 Å². The highest BCUT2D eigenvalue weighted by Gasteiger charge is 2.04. The van der Waals surface area contributed by atoms with Gasteiger partial charge in [-0.1, -0.05) is 25.5 Å². The van der Waals surface area contributed by atoms with Gasteiger partial charge in [0, 0.05) is 6.04 Å². The van der Waals surface area contributed by atoms with Gasteiger partial charge in [-0.2, -0.15) is 5.26 Å². The molecule has 2 N–H and O–H groups in total. The second-order valence-corrected chi connectivity index (χ2v) is 3.13. The lowest BCUT2D eigenvalue weighted by atomic mass is 10.0. The van der Waals surface area contributed by atoms with Crippen molar-refractivity contribution >= 4 is 0 Å². The first kappa shape index (κ1) is 9.76. The van der Waals surface area contributed by atoms with E-state index in [1.807, 2.05) is 18.2 Å². The van der Waals surface area contributed by atoms with Crippen LogP contribution in [0.3, 0.4) is 0 Å². The van der Waals surface area contributed by atoms with Crippen molar-refractivity contribution in [1.82, 2.24) is 0 Å². The number of rotatable bonds is 3. The molecule has 2 nitrogen and oxygen atoms in total. The highest BCUT2D eigenvalue weighted by atomic mass is 14.6. The van der Waals surface area contributed by atoms with E-state index in [4.69, 9.17) is 11.0 Å². The molecule has 0 saturated heterocycles. The first-order chi connectivity index (χ1) is 6.27. The molecule has 0 aliphatic rings. The molecule has 13 heavy (non-hydrogen) atoms. The summed E-state index contributed by atoms with van der Waals surface area (Å²) in [6.07, 6.45) is 2.03. The molecule has 1 rings (SSSR count). The topological polar surface area (TPSA) is 49.8 Å². The first-order valence-electron chi connectivity index (χ1n) is 4.53. The molecule has 68 valence electrons. The number of nitriles is 1. The molecule has 0 aromatic heterocycles. The van der Waals surface area contributed by atoms with Gasteiger partial charge in [0.05, 0.1) is 11.6 Å². The van der Waals surface area contributed by atoms with E-state index in [2.05, 4.69) is 13.0 Å². The third kappa shape index (κ3) is 2.57. The van der Waals surface area contributed by atoms with Crippen LogP contribution in [0.2, 0.25) is 0 Å². The predicted molar refractivity (Wildman–Crippen MR) is 53.0 cm³/mol. The van der Waals surface area contributed by atoms with Crippen LogP contribution in [0, 0.1) is 11.3 Å². The largest absolute Gasteiger partial charge is 0.324 e. The predicted octanol–water partition coefficient (Wildman–Crippen LogP) is 2.36. The molecule has 0 radical (unpaired) electrons. The van der Waals surface area contributed by atoms with Crippen molar-refractivity contribution in [2.24, 2.45) is 5.73 Å². The number of benzene rings is 1. The third-order valence-corrected chi connectivity index (χ3v) is 2.04. The summed E-state index contributed by atoms with van der Waals surface area (Å²) in [4.78, 5) is 0. The number of nitrogens with two attached hydrogens (primary N) is 1. The monoisotopic (exact) mass is 174 g/mol. The summed E-state index contributed by atoms with van der Waals surface area (Å²) in [7, 11) is 0. The molecule has 0 aliphatic carbocycles. The molecule has 0 spiro atoms. The van der Waals surface area contributed by atoms with Crippen molar-refractivity contribution in [2.45, 2.75) is 25.8 Å². The highest BCUT2D eigenvalue weighted by Crippen LogP contribution is 2.16. The van der Waals surface area contributed by atoms with E-state index in [0.29, 0.717) is 5.56 Å². The maximum Gasteiger partial charge on any atom is 0.0991 e. The second-order valence-electron chi connectivity index (χ2n) is 3.13. The number of nitrogens with zero attached hydrogens (tertiary/aromatic N) is 1. The summed E-state index contributed by atoms with van der Waals surface area (Å²) >= 11 is 0. The van der Waals surface area contributed by atoms with Crippen LogP contribution in [0.1, 0.15) is 36.9 Å². The van der Waals surface area contributed by atoms with Crippen LogP contribution in [0.25, 0.3) is 0 Å². The molecule has 1 aromatic carbocycles. The fourth-order valence-corrected chi connectivity index (χ4v) is 1.32. The van der Waals surface area contributed by atoms with Crippen molar-refractivity contribution in [2.75, 3.05) is 0 Å². The quantitative estimate of drug-likeness (QED) is 0.764. The summed E-state index contributed by atoms with van der Waals surface area (Å²) in [5, 5.41) is 8.68. The van der Waals surface area contributed by atoms with Crippen molar-refractivity contribution in [3.05, 3.63) is 35.4 Å². The summed E-state index contributed by atoms with van der Waals surface area (Å²) in [5.41, 5.74) is 7.66. The molecular weight excluding hydrogens is 160 g/mol. The zero-order valence-corrected chi connectivity index (χ0v) is 7.83. The van der Waals surface area contributed by atoms with E-state index < -0.39 is 0 Å². The molecule has 0 bridgehead atoms. The Kier molecular flexibility index (Phi) is 3.48. The lowest BCUT2D eigenvalue weighted by molar-refractivity contribution is 0.638. The maximum absolute atomic E-state index is 8.68. The lowest BCUT2D eigenvalue weighted by Crippen LogP contribution is -2.09. The minimum absolute atomic E-state index is 0.0679. The Morgan fingerprint density at radius 3 is 2.92 bits per heavy atom. The van der Waals surface area contributed by atoms with Crippen LogP contribution in [-0.4, -0.2) is 0 Å². The van der Waals surface area contributed by atoms with Gasteiger partial charge in [0.1, 0.15) is 0 Å². The molecule has 0 amide bonds. The molecule has 0 heterocycles. The molecule has 1 atom stereocenters. The summed E-state index contributed by atoms with van der Waals surface area (Å²) in [6.45, 7) is 2.11. The van der Waals surface area contributed by atoms with E-state index in [-0.39, 0.29) is 6.04 Å². The minimum Gasteiger partial charge on any atom is -0.324 e. The SMILES string of the molecule is CCC[C@H](N)c1cccc(C#N)c1.